The van der Waals surface area contributed by atoms with Crippen LogP contribution in [0.15, 0.2) is 12.4 Å². The predicted octanol–water partition coefficient (Wildman–Crippen LogP) is -3.84. The molecule has 0 aliphatic carbocycles. The van der Waals surface area contributed by atoms with Gasteiger partial charge in [0.15, 0.2) is 0 Å². The summed E-state index contributed by atoms with van der Waals surface area (Å²) in [4.78, 5) is 34.1. The van der Waals surface area contributed by atoms with Crippen molar-refractivity contribution in [2.75, 3.05) is 26.4 Å². The Kier molecular flexibility index (Phi) is 12.1. The minimum atomic E-state index is -1.59. The molecule has 32 heavy (non-hydrogen) atoms. The van der Waals surface area contributed by atoms with Crippen LogP contribution in [0.25, 0.3) is 0 Å². The van der Waals surface area contributed by atoms with Gasteiger partial charge in [-0.05, 0) is 0 Å². The SMILES string of the molecule is O=C(c1cnc(C(=O)N(C(O)CCO)C(O)CCO)cn1)N(C(O)CCO)C(O)CCO. The first kappa shape index (κ1) is 27.7. The fourth-order valence-corrected chi connectivity index (χ4v) is 2.77. The van der Waals surface area contributed by atoms with E-state index in [0.29, 0.717) is 9.80 Å². The summed E-state index contributed by atoms with van der Waals surface area (Å²) < 4.78 is 0. The Morgan fingerprint density at radius 2 is 0.875 bits per heavy atom. The zero-order chi connectivity index (χ0) is 24.3. The number of amides is 2. The zero-order valence-corrected chi connectivity index (χ0v) is 17.3. The maximum absolute atomic E-state index is 12.7. The lowest BCUT2D eigenvalue weighted by molar-refractivity contribution is -0.0916. The maximum Gasteiger partial charge on any atom is 0.278 e. The molecule has 0 saturated carbocycles. The van der Waals surface area contributed by atoms with E-state index in [2.05, 4.69) is 9.97 Å². The van der Waals surface area contributed by atoms with Gasteiger partial charge in [0.1, 0.15) is 36.3 Å². The van der Waals surface area contributed by atoms with Crippen molar-refractivity contribution in [1.82, 2.24) is 19.8 Å². The lowest BCUT2D eigenvalue weighted by Gasteiger charge is -2.32. The van der Waals surface area contributed by atoms with Crippen LogP contribution in [-0.2, 0) is 0 Å². The molecular formula is C18H30N4O10. The van der Waals surface area contributed by atoms with Crippen molar-refractivity contribution >= 4 is 11.8 Å². The molecule has 4 unspecified atom stereocenters. The zero-order valence-electron chi connectivity index (χ0n) is 17.3. The van der Waals surface area contributed by atoms with E-state index >= 15 is 0 Å². The van der Waals surface area contributed by atoms with Crippen LogP contribution in [-0.4, -0.2) is 124 Å². The molecule has 0 aliphatic rings. The van der Waals surface area contributed by atoms with Crippen molar-refractivity contribution in [2.24, 2.45) is 0 Å². The van der Waals surface area contributed by atoms with Gasteiger partial charge in [0.05, 0.1) is 12.4 Å². The minimum absolute atomic E-state index is 0.279. The molecule has 1 aromatic rings. The highest BCUT2D eigenvalue weighted by Crippen LogP contribution is 2.15. The van der Waals surface area contributed by atoms with Gasteiger partial charge < -0.3 is 40.9 Å². The molecule has 0 fully saturated rings. The topological polar surface area (TPSA) is 228 Å². The summed E-state index contributed by atoms with van der Waals surface area (Å²) in [7, 11) is 0. The van der Waals surface area contributed by atoms with E-state index in [4.69, 9.17) is 20.4 Å². The Bertz CT molecular complexity index is 625. The second-order valence-corrected chi connectivity index (χ2v) is 6.68. The molecule has 0 radical (unpaired) electrons. The predicted molar refractivity (Wildman–Crippen MR) is 105 cm³/mol. The van der Waals surface area contributed by atoms with Gasteiger partial charge in [0.2, 0.25) is 0 Å². The third kappa shape index (κ3) is 7.39. The van der Waals surface area contributed by atoms with Crippen LogP contribution in [0.5, 0.6) is 0 Å². The molecule has 2 amide bonds. The molecule has 4 atom stereocenters. The molecule has 1 aromatic heterocycles. The molecular weight excluding hydrogens is 432 g/mol. The molecule has 0 saturated heterocycles. The van der Waals surface area contributed by atoms with E-state index in [0.717, 1.165) is 12.4 Å². The maximum atomic E-state index is 12.7. The molecule has 0 bridgehead atoms. The van der Waals surface area contributed by atoms with Gasteiger partial charge in [-0.1, -0.05) is 0 Å². The van der Waals surface area contributed by atoms with E-state index in [1.165, 1.54) is 0 Å². The van der Waals surface area contributed by atoms with E-state index < -0.39 is 63.2 Å². The van der Waals surface area contributed by atoms with Crippen LogP contribution in [0.2, 0.25) is 0 Å². The summed E-state index contributed by atoms with van der Waals surface area (Å²) in [6, 6.07) is 0. The van der Waals surface area contributed by atoms with E-state index in [1.54, 1.807) is 0 Å². The normalized spacial score (nSPS) is 15.0. The third-order valence-electron chi connectivity index (χ3n) is 4.39. The Morgan fingerprint density at radius 1 is 0.625 bits per heavy atom. The highest BCUT2D eigenvalue weighted by molar-refractivity contribution is 5.94. The molecule has 14 heteroatoms. The number of aliphatic hydroxyl groups is 8. The van der Waals surface area contributed by atoms with Gasteiger partial charge in [-0.15, -0.1) is 0 Å². The number of aliphatic hydroxyl groups excluding tert-OH is 8. The Labute approximate surface area is 183 Å². The minimum Gasteiger partial charge on any atom is -0.396 e. The van der Waals surface area contributed by atoms with Gasteiger partial charge in [0.25, 0.3) is 11.8 Å². The van der Waals surface area contributed by atoms with Crippen molar-refractivity contribution < 1.29 is 50.4 Å². The van der Waals surface area contributed by atoms with Crippen molar-refractivity contribution in [3.8, 4) is 0 Å². The van der Waals surface area contributed by atoms with Crippen LogP contribution in [0.4, 0.5) is 0 Å². The highest BCUT2D eigenvalue weighted by Gasteiger charge is 2.32. The summed E-state index contributed by atoms with van der Waals surface area (Å²) >= 11 is 0. The highest BCUT2D eigenvalue weighted by atomic mass is 16.3. The quantitative estimate of drug-likeness (QED) is 0.124. The first-order valence-corrected chi connectivity index (χ1v) is 9.86. The summed E-state index contributed by atoms with van der Waals surface area (Å²) in [6.07, 6.45) is -5.73. The van der Waals surface area contributed by atoms with E-state index in [1.807, 2.05) is 0 Å². The van der Waals surface area contributed by atoms with E-state index in [-0.39, 0.29) is 37.1 Å². The van der Waals surface area contributed by atoms with E-state index in [9.17, 15) is 30.0 Å². The first-order chi connectivity index (χ1) is 15.2. The van der Waals surface area contributed by atoms with Crippen LogP contribution >= 0.6 is 0 Å². The monoisotopic (exact) mass is 462 g/mol. The van der Waals surface area contributed by atoms with Gasteiger partial charge in [-0.3, -0.25) is 19.4 Å². The molecule has 14 nitrogen and oxygen atoms in total. The standard InChI is InChI=1S/C18H30N4O10/c23-5-1-13(27)21(14(28)2-6-24)17(31)11-9-20-12(10-19-11)18(32)22(15(29)3-7-25)16(30)4-8-26/h9-10,13-16,23-30H,1-8H2. The van der Waals surface area contributed by atoms with Gasteiger partial charge >= 0.3 is 0 Å². The van der Waals surface area contributed by atoms with Crippen molar-refractivity contribution in [3.05, 3.63) is 23.8 Å². The summed E-state index contributed by atoms with van der Waals surface area (Å²) in [5.74, 6) is -1.98. The molecule has 0 aliphatic heterocycles. The Balaban J connectivity index is 3.14. The largest absolute Gasteiger partial charge is 0.396 e. The molecule has 182 valence electrons. The van der Waals surface area contributed by atoms with Crippen LogP contribution in [0.3, 0.4) is 0 Å². The second kappa shape index (κ2) is 14.0. The van der Waals surface area contributed by atoms with Crippen molar-refractivity contribution in [2.45, 2.75) is 50.6 Å². The lowest BCUT2D eigenvalue weighted by atomic mass is 10.2. The van der Waals surface area contributed by atoms with Crippen molar-refractivity contribution in [3.63, 3.8) is 0 Å². The number of aromatic nitrogens is 2. The molecule has 0 spiro atoms. The fourth-order valence-electron chi connectivity index (χ4n) is 2.77. The number of hydrogen-bond donors (Lipinski definition) is 8. The van der Waals surface area contributed by atoms with Crippen molar-refractivity contribution in [1.29, 1.82) is 0 Å². The lowest BCUT2D eigenvalue weighted by Crippen LogP contribution is -2.49. The van der Waals surface area contributed by atoms with Crippen LogP contribution < -0.4 is 0 Å². The summed E-state index contributed by atoms with van der Waals surface area (Å²) in [5.41, 5.74) is -0.761. The second-order valence-electron chi connectivity index (χ2n) is 6.68. The Morgan fingerprint density at radius 3 is 1.06 bits per heavy atom. The van der Waals surface area contributed by atoms with Gasteiger partial charge in [0, 0.05) is 52.1 Å². The van der Waals surface area contributed by atoms with Crippen LogP contribution in [0.1, 0.15) is 46.7 Å². The summed E-state index contributed by atoms with van der Waals surface area (Å²) in [6.45, 7) is -1.95. The number of nitrogens with zero attached hydrogens (tertiary/aromatic N) is 4. The number of carbonyl (C=O) groups is 2. The Hall–Kier alpha value is -2.30. The average Bonchev–Trinajstić information content (AvgIpc) is 2.74. The fraction of sp³-hybridized carbons (Fsp3) is 0.667. The average molecular weight is 462 g/mol. The summed E-state index contributed by atoms with van der Waals surface area (Å²) in [5, 5.41) is 76.3. The molecule has 1 heterocycles. The smallest absolute Gasteiger partial charge is 0.278 e. The molecule has 0 aromatic carbocycles. The number of hydrogen-bond acceptors (Lipinski definition) is 12. The molecule has 1 rings (SSSR count). The van der Waals surface area contributed by atoms with Crippen LogP contribution in [0, 0.1) is 0 Å². The number of rotatable bonds is 14. The molecule has 8 N–H and O–H groups in total. The van der Waals surface area contributed by atoms with Gasteiger partial charge in [-0.2, -0.15) is 0 Å². The first-order valence-electron chi connectivity index (χ1n) is 9.86. The number of carbonyl (C=O) groups excluding carboxylic acids is 2. The van der Waals surface area contributed by atoms with Gasteiger partial charge in [-0.25, -0.2) is 9.97 Å². The third-order valence-corrected chi connectivity index (χ3v) is 4.39.